The number of carbonyl (C=O) groups excluding carboxylic acids is 1. The van der Waals surface area contributed by atoms with Gasteiger partial charge in [-0.15, -0.1) is 0 Å². The van der Waals surface area contributed by atoms with Crippen molar-refractivity contribution in [1.82, 2.24) is 10.2 Å². The number of rotatable bonds is 13. The Labute approximate surface area is 256 Å². The summed E-state index contributed by atoms with van der Waals surface area (Å²) in [5, 5.41) is 3.55. The van der Waals surface area contributed by atoms with E-state index in [4.69, 9.17) is 21.1 Å². The van der Waals surface area contributed by atoms with Gasteiger partial charge >= 0.3 is 6.09 Å². The Morgan fingerprint density at radius 2 is 1.38 bits per heavy atom. The quantitative estimate of drug-likeness (QED) is 0.160. The van der Waals surface area contributed by atoms with Crippen LogP contribution < -0.4 is 14.8 Å². The SMILES string of the molecule is CCCCCCNC(=O)Oc1ccc(/C(=C(/C)c2ccc(Cl)cc2)c2ccc(OCCN3CCCCCC3)cc2)cc1. The molecule has 0 radical (unpaired) electrons. The van der Waals surface area contributed by atoms with Crippen LogP contribution in [0.4, 0.5) is 4.79 Å². The molecule has 0 atom stereocenters. The maximum absolute atomic E-state index is 12.3. The van der Waals surface area contributed by atoms with Crippen molar-refractivity contribution in [2.75, 3.05) is 32.8 Å². The molecule has 0 spiro atoms. The van der Waals surface area contributed by atoms with Crippen LogP contribution in [0.3, 0.4) is 0 Å². The summed E-state index contributed by atoms with van der Waals surface area (Å²) in [4.78, 5) is 14.8. The van der Waals surface area contributed by atoms with Crippen LogP contribution in [0, 0.1) is 0 Å². The van der Waals surface area contributed by atoms with E-state index >= 15 is 0 Å². The van der Waals surface area contributed by atoms with Crippen LogP contribution in [0.5, 0.6) is 11.5 Å². The van der Waals surface area contributed by atoms with Gasteiger partial charge in [0, 0.05) is 18.1 Å². The molecule has 1 N–H and O–H groups in total. The highest BCUT2D eigenvalue weighted by Gasteiger charge is 2.13. The number of unbranched alkanes of at least 4 members (excludes halogenated alkanes) is 3. The number of likely N-dealkylation sites (tertiary alicyclic amines) is 1. The van der Waals surface area contributed by atoms with E-state index in [0.29, 0.717) is 23.9 Å². The number of hydrogen-bond donors (Lipinski definition) is 1. The third kappa shape index (κ3) is 9.92. The summed E-state index contributed by atoms with van der Waals surface area (Å²) in [6.07, 6.45) is 9.26. The number of ether oxygens (including phenoxy) is 2. The van der Waals surface area contributed by atoms with E-state index in [0.717, 1.165) is 53.0 Å². The van der Waals surface area contributed by atoms with Crippen molar-refractivity contribution in [2.24, 2.45) is 0 Å². The summed E-state index contributed by atoms with van der Waals surface area (Å²) in [5.74, 6) is 1.39. The van der Waals surface area contributed by atoms with Crippen LogP contribution in [-0.2, 0) is 0 Å². The van der Waals surface area contributed by atoms with Gasteiger partial charge in [-0.3, -0.25) is 4.90 Å². The van der Waals surface area contributed by atoms with E-state index in [1.54, 1.807) is 0 Å². The lowest BCUT2D eigenvalue weighted by Gasteiger charge is -2.20. The number of carbonyl (C=O) groups is 1. The second-order valence-electron chi connectivity index (χ2n) is 11.0. The van der Waals surface area contributed by atoms with Crippen molar-refractivity contribution in [3.05, 3.63) is 94.5 Å². The first-order valence-corrected chi connectivity index (χ1v) is 15.9. The van der Waals surface area contributed by atoms with Crippen LogP contribution in [0.2, 0.25) is 5.02 Å². The Hall–Kier alpha value is -3.28. The predicted molar refractivity (Wildman–Crippen MR) is 174 cm³/mol. The Balaban J connectivity index is 1.47. The molecule has 0 aliphatic carbocycles. The number of benzene rings is 3. The maximum Gasteiger partial charge on any atom is 0.412 e. The number of hydrogen-bond acceptors (Lipinski definition) is 4. The Kier molecular flexibility index (Phi) is 12.8. The number of amides is 1. The third-order valence-electron chi connectivity index (χ3n) is 7.82. The lowest BCUT2D eigenvalue weighted by Crippen LogP contribution is -2.29. The average molecular weight is 589 g/mol. The van der Waals surface area contributed by atoms with E-state index in [2.05, 4.69) is 48.3 Å². The molecule has 1 heterocycles. The topological polar surface area (TPSA) is 50.8 Å². The molecule has 1 aliphatic rings. The lowest BCUT2D eigenvalue weighted by molar-refractivity contribution is 0.200. The fourth-order valence-corrected chi connectivity index (χ4v) is 5.52. The highest BCUT2D eigenvalue weighted by Crippen LogP contribution is 2.34. The van der Waals surface area contributed by atoms with Gasteiger partial charge in [-0.1, -0.05) is 87.0 Å². The summed E-state index contributed by atoms with van der Waals surface area (Å²) >= 11 is 6.18. The monoisotopic (exact) mass is 588 g/mol. The summed E-state index contributed by atoms with van der Waals surface area (Å²) in [5.41, 5.74) is 5.43. The first-order valence-electron chi connectivity index (χ1n) is 15.5. The van der Waals surface area contributed by atoms with Crippen molar-refractivity contribution >= 4 is 28.8 Å². The van der Waals surface area contributed by atoms with E-state index < -0.39 is 6.09 Å². The van der Waals surface area contributed by atoms with Crippen molar-refractivity contribution < 1.29 is 14.3 Å². The molecule has 0 saturated carbocycles. The average Bonchev–Trinajstić information content (AvgIpc) is 3.28. The predicted octanol–water partition coefficient (Wildman–Crippen LogP) is 9.24. The molecule has 3 aromatic rings. The standard InChI is InChI=1S/C36H45ClN2O3/c1-3-4-5-8-23-38-36(40)42-34-21-15-31(16-22-34)35(28(2)29-11-17-32(37)18-12-29)30-13-19-33(20-14-30)41-27-26-39-24-9-6-7-10-25-39/h11-22H,3-10,23-27H2,1-2H3,(H,38,40)/b35-28-. The fraction of sp³-hybridized carbons (Fsp3) is 0.417. The largest absolute Gasteiger partial charge is 0.492 e. The number of nitrogens with zero attached hydrogens (tertiary/aromatic N) is 1. The molecule has 1 aliphatic heterocycles. The van der Waals surface area contributed by atoms with Gasteiger partial charge in [-0.2, -0.15) is 0 Å². The molecule has 1 saturated heterocycles. The molecule has 3 aromatic carbocycles. The van der Waals surface area contributed by atoms with Gasteiger partial charge in [0.05, 0.1) is 0 Å². The molecule has 0 unspecified atom stereocenters. The summed E-state index contributed by atoms with van der Waals surface area (Å²) in [6, 6.07) is 24.0. The molecule has 4 rings (SSSR count). The third-order valence-corrected chi connectivity index (χ3v) is 8.08. The molecular weight excluding hydrogens is 544 g/mol. The zero-order valence-corrected chi connectivity index (χ0v) is 25.9. The molecule has 42 heavy (non-hydrogen) atoms. The smallest absolute Gasteiger partial charge is 0.412 e. The molecule has 0 aromatic heterocycles. The van der Waals surface area contributed by atoms with Gasteiger partial charge in [0.25, 0.3) is 0 Å². The molecule has 6 heteroatoms. The fourth-order valence-electron chi connectivity index (χ4n) is 5.39. The first-order chi connectivity index (χ1) is 20.5. The van der Waals surface area contributed by atoms with E-state index in [9.17, 15) is 4.79 Å². The van der Waals surface area contributed by atoms with Gasteiger partial charge in [0.1, 0.15) is 18.1 Å². The summed E-state index contributed by atoms with van der Waals surface area (Å²) in [6.45, 7) is 8.93. The molecule has 1 amide bonds. The highest BCUT2D eigenvalue weighted by molar-refractivity contribution is 6.30. The number of halogens is 1. The zero-order valence-electron chi connectivity index (χ0n) is 25.2. The van der Waals surface area contributed by atoms with Crippen molar-refractivity contribution in [1.29, 1.82) is 0 Å². The van der Waals surface area contributed by atoms with E-state index in [1.807, 2.05) is 48.5 Å². The van der Waals surface area contributed by atoms with Crippen molar-refractivity contribution in [3.8, 4) is 11.5 Å². The minimum Gasteiger partial charge on any atom is -0.492 e. The number of allylic oxidation sites excluding steroid dienone is 1. The minimum atomic E-state index is -0.418. The maximum atomic E-state index is 12.3. The normalized spacial score (nSPS) is 14.5. The Morgan fingerprint density at radius 1 is 0.786 bits per heavy atom. The Bertz CT molecular complexity index is 1260. The van der Waals surface area contributed by atoms with Crippen LogP contribution in [0.1, 0.15) is 81.9 Å². The number of nitrogens with one attached hydrogen (secondary N) is 1. The van der Waals surface area contributed by atoms with Crippen LogP contribution in [0.25, 0.3) is 11.1 Å². The molecular formula is C36H45ClN2O3. The second-order valence-corrected chi connectivity index (χ2v) is 11.5. The molecule has 1 fully saturated rings. The van der Waals surface area contributed by atoms with Gasteiger partial charge in [0.2, 0.25) is 0 Å². The van der Waals surface area contributed by atoms with Crippen molar-refractivity contribution in [2.45, 2.75) is 65.2 Å². The summed E-state index contributed by atoms with van der Waals surface area (Å²) < 4.78 is 11.6. The van der Waals surface area contributed by atoms with Gasteiger partial charge in [-0.25, -0.2) is 4.79 Å². The lowest BCUT2D eigenvalue weighted by atomic mass is 9.90. The zero-order chi connectivity index (χ0) is 29.6. The summed E-state index contributed by atoms with van der Waals surface area (Å²) in [7, 11) is 0. The van der Waals surface area contributed by atoms with Crippen LogP contribution >= 0.6 is 11.6 Å². The van der Waals surface area contributed by atoms with E-state index in [1.165, 1.54) is 51.6 Å². The first kappa shape index (κ1) is 31.7. The molecule has 224 valence electrons. The van der Waals surface area contributed by atoms with Gasteiger partial charge < -0.3 is 14.8 Å². The minimum absolute atomic E-state index is 0.418. The van der Waals surface area contributed by atoms with Crippen LogP contribution in [-0.4, -0.2) is 43.8 Å². The van der Waals surface area contributed by atoms with Gasteiger partial charge in [-0.05, 0) is 104 Å². The highest BCUT2D eigenvalue weighted by atomic mass is 35.5. The van der Waals surface area contributed by atoms with Crippen molar-refractivity contribution in [3.63, 3.8) is 0 Å². The molecule has 5 nitrogen and oxygen atoms in total. The van der Waals surface area contributed by atoms with Crippen LogP contribution in [0.15, 0.2) is 72.8 Å². The van der Waals surface area contributed by atoms with Gasteiger partial charge in [0.15, 0.2) is 0 Å². The van der Waals surface area contributed by atoms with E-state index in [-0.39, 0.29) is 0 Å². The Morgan fingerprint density at radius 3 is 2.00 bits per heavy atom. The molecule has 0 bridgehead atoms. The second kappa shape index (κ2) is 17.0.